The van der Waals surface area contributed by atoms with Crippen molar-refractivity contribution in [1.29, 1.82) is 0 Å². The third-order valence-corrected chi connectivity index (χ3v) is 7.88. The molecule has 7 nitrogen and oxygen atoms in total. The van der Waals surface area contributed by atoms with Crippen molar-refractivity contribution in [3.63, 3.8) is 0 Å². The van der Waals surface area contributed by atoms with Crippen molar-refractivity contribution in [2.24, 2.45) is 5.92 Å². The molecule has 33 heavy (non-hydrogen) atoms. The Hall–Kier alpha value is -2.41. The van der Waals surface area contributed by atoms with E-state index >= 15 is 0 Å². The molecule has 5 rings (SSSR count). The molecular formula is C26H35N3O4. The van der Waals surface area contributed by atoms with Crippen molar-refractivity contribution in [2.45, 2.75) is 95.4 Å². The highest BCUT2D eigenvalue weighted by Gasteiger charge is 2.39. The van der Waals surface area contributed by atoms with Crippen LogP contribution in [0.4, 0.5) is 0 Å². The van der Waals surface area contributed by atoms with Gasteiger partial charge in [0.05, 0.1) is 0 Å². The van der Waals surface area contributed by atoms with E-state index in [9.17, 15) is 14.4 Å². The van der Waals surface area contributed by atoms with E-state index in [1.54, 1.807) is 4.90 Å². The van der Waals surface area contributed by atoms with Gasteiger partial charge in [0.2, 0.25) is 11.8 Å². The van der Waals surface area contributed by atoms with Crippen LogP contribution in [0.2, 0.25) is 0 Å². The van der Waals surface area contributed by atoms with Crippen molar-refractivity contribution in [3.8, 4) is 5.75 Å². The molecule has 3 atom stereocenters. The molecule has 1 aromatic carbocycles. The van der Waals surface area contributed by atoms with Crippen molar-refractivity contribution < 1.29 is 19.1 Å². The minimum atomic E-state index is -0.585. The van der Waals surface area contributed by atoms with Gasteiger partial charge in [-0.1, -0.05) is 25.7 Å². The number of amides is 3. The van der Waals surface area contributed by atoms with Crippen LogP contribution in [0.5, 0.6) is 5.75 Å². The minimum Gasteiger partial charge on any atom is -0.489 e. The summed E-state index contributed by atoms with van der Waals surface area (Å²) in [5.74, 6) is 0.803. The number of hydrogen-bond donors (Lipinski definition) is 2. The summed E-state index contributed by atoms with van der Waals surface area (Å²) in [5.41, 5.74) is 1.52. The van der Waals surface area contributed by atoms with Crippen LogP contribution < -0.4 is 15.4 Å². The summed E-state index contributed by atoms with van der Waals surface area (Å²) >= 11 is 0. The fourth-order valence-electron chi connectivity index (χ4n) is 5.98. The van der Waals surface area contributed by atoms with E-state index in [1.165, 1.54) is 44.9 Å². The second kappa shape index (κ2) is 9.84. The van der Waals surface area contributed by atoms with E-state index < -0.39 is 6.04 Å². The Morgan fingerprint density at radius 2 is 1.76 bits per heavy atom. The number of fused-ring (bicyclic) bond motifs is 1. The van der Waals surface area contributed by atoms with Gasteiger partial charge in [0.1, 0.15) is 17.9 Å². The highest BCUT2D eigenvalue weighted by molar-refractivity contribution is 6.05. The number of carbonyl (C=O) groups is 3. The SMILES string of the molecule is O=C1CCC(N2Cc3cc(OC4CCCCC4NCC4CCCCC4)ccc3C2=O)C(=O)N1. The second-order valence-electron chi connectivity index (χ2n) is 10.2. The summed E-state index contributed by atoms with van der Waals surface area (Å²) in [6.45, 7) is 1.47. The Morgan fingerprint density at radius 1 is 0.970 bits per heavy atom. The summed E-state index contributed by atoms with van der Waals surface area (Å²) in [5, 5.41) is 6.18. The molecule has 2 saturated carbocycles. The average Bonchev–Trinajstić information content (AvgIpc) is 3.14. The quantitative estimate of drug-likeness (QED) is 0.646. The Labute approximate surface area is 195 Å². The zero-order chi connectivity index (χ0) is 22.8. The summed E-state index contributed by atoms with van der Waals surface area (Å²) < 4.78 is 6.47. The number of piperidine rings is 1. The van der Waals surface area contributed by atoms with E-state index in [0.717, 1.165) is 36.6 Å². The molecule has 2 aliphatic carbocycles. The van der Waals surface area contributed by atoms with Gasteiger partial charge in [-0.25, -0.2) is 0 Å². The fraction of sp³-hybridized carbons (Fsp3) is 0.654. The lowest BCUT2D eigenvalue weighted by atomic mass is 9.87. The van der Waals surface area contributed by atoms with E-state index in [0.29, 0.717) is 24.6 Å². The number of ether oxygens (including phenoxy) is 1. The number of nitrogens with zero attached hydrogens (tertiary/aromatic N) is 1. The van der Waals surface area contributed by atoms with E-state index in [4.69, 9.17) is 4.74 Å². The molecule has 1 saturated heterocycles. The number of benzene rings is 1. The smallest absolute Gasteiger partial charge is 0.255 e. The van der Waals surface area contributed by atoms with E-state index in [2.05, 4.69) is 10.6 Å². The van der Waals surface area contributed by atoms with Crippen LogP contribution in [0.3, 0.4) is 0 Å². The number of carbonyl (C=O) groups excluding carboxylic acids is 3. The summed E-state index contributed by atoms with van der Waals surface area (Å²) in [6, 6.07) is 5.46. The van der Waals surface area contributed by atoms with Crippen LogP contribution in [0.1, 0.15) is 86.6 Å². The van der Waals surface area contributed by atoms with E-state index in [-0.39, 0.29) is 30.2 Å². The average molecular weight is 454 g/mol. The monoisotopic (exact) mass is 453 g/mol. The maximum absolute atomic E-state index is 12.9. The maximum atomic E-state index is 12.9. The van der Waals surface area contributed by atoms with Gasteiger partial charge in [-0.3, -0.25) is 19.7 Å². The van der Waals surface area contributed by atoms with Crippen LogP contribution >= 0.6 is 0 Å². The molecule has 0 bridgehead atoms. The van der Waals surface area contributed by atoms with Crippen LogP contribution in [0.15, 0.2) is 18.2 Å². The molecule has 2 N–H and O–H groups in total. The van der Waals surface area contributed by atoms with Gasteiger partial charge in [0.15, 0.2) is 0 Å². The van der Waals surface area contributed by atoms with Crippen LogP contribution in [0, 0.1) is 5.92 Å². The predicted octanol–water partition coefficient (Wildman–Crippen LogP) is 3.31. The largest absolute Gasteiger partial charge is 0.489 e. The molecule has 3 amide bonds. The number of nitrogens with one attached hydrogen (secondary N) is 2. The first-order valence-electron chi connectivity index (χ1n) is 12.8. The first-order chi connectivity index (χ1) is 16.1. The van der Waals surface area contributed by atoms with Gasteiger partial charge in [-0.15, -0.1) is 0 Å². The topological polar surface area (TPSA) is 87.7 Å². The van der Waals surface area contributed by atoms with Gasteiger partial charge in [0, 0.05) is 24.6 Å². The van der Waals surface area contributed by atoms with E-state index in [1.807, 2.05) is 18.2 Å². The number of imide groups is 1. The maximum Gasteiger partial charge on any atom is 0.255 e. The van der Waals surface area contributed by atoms with Crippen LogP contribution in [-0.2, 0) is 16.1 Å². The van der Waals surface area contributed by atoms with Crippen LogP contribution in [0.25, 0.3) is 0 Å². The standard InChI is InChI=1S/C26H35N3O4/c30-24-13-12-22(25(31)28-24)29-16-18-14-19(10-11-20(18)26(29)32)33-23-9-5-4-8-21(23)27-15-17-6-2-1-3-7-17/h10-11,14,17,21-23,27H,1-9,12-13,15-16H2,(H,28,30,31). The zero-order valence-corrected chi connectivity index (χ0v) is 19.3. The lowest BCUT2D eigenvalue weighted by Gasteiger charge is -2.34. The molecule has 0 radical (unpaired) electrons. The molecule has 3 fully saturated rings. The lowest BCUT2D eigenvalue weighted by molar-refractivity contribution is -0.136. The number of hydrogen-bond acceptors (Lipinski definition) is 5. The molecule has 178 valence electrons. The molecule has 0 aromatic heterocycles. The van der Waals surface area contributed by atoms with Crippen LogP contribution in [-0.4, -0.2) is 47.4 Å². The van der Waals surface area contributed by atoms with Gasteiger partial charge in [-0.2, -0.15) is 0 Å². The normalized spacial score (nSPS) is 28.5. The third-order valence-electron chi connectivity index (χ3n) is 7.88. The number of rotatable bonds is 6. The van der Waals surface area contributed by atoms with Crippen molar-refractivity contribution in [3.05, 3.63) is 29.3 Å². The van der Waals surface area contributed by atoms with Crippen molar-refractivity contribution in [2.75, 3.05) is 6.54 Å². The summed E-state index contributed by atoms with van der Waals surface area (Å²) in [7, 11) is 0. The first kappa shape index (κ1) is 22.4. The van der Waals surface area contributed by atoms with Crippen molar-refractivity contribution >= 4 is 17.7 Å². The van der Waals surface area contributed by atoms with Gasteiger partial charge >= 0.3 is 0 Å². The predicted molar refractivity (Wildman–Crippen MR) is 124 cm³/mol. The first-order valence-corrected chi connectivity index (χ1v) is 12.8. The lowest BCUT2D eigenvalue weighted by Crippen LogP contribution is -2.52. The molecule has 0 spiro atoms. The Bertz CT molecular complexity index is 911. The molecule has 2 heterocycles. The van der Waals surface area contributed by atoms with Gasteiger partial charge in [0.25, 0.3) is 5.91 Å². The minimum absolute atomic E-state index is 0.142. The highest BCUT2D eigenvalue weighted by Crippen LogP contribution is 2.32. The third kappa shape index (κ3) is 4.93. The Kier molecular flexibility index (Phi) is 6.67. The fourth-order valence-corrected chi connectivity index (χ4v) is 5.98. The Balaban J connectivity index is 1.22. The summed E-state index contributed by atoms with van der Waals surface area (Å²) in [6.07, 6.45) is 12.2. The molecule has 3 unspecified atom stereocenters. The highest BCUT2D eigenvalue weighted by atomic mass is 16.5. The summed E-state index contributed by atoms with van der Waals surface area (Å²) in [4.78, 5) is 38.3. The molecule has 2 aliphatic heterocycles. The second-order valence-corrected chi connectivity index (χ2v) is 10.2. The molecule has 7 heteroatoms. The molecule has 4 aliphatic rings. The van der Waals surface area contributed by atoms with Crippen molar-refractivity contribution in [1.82, 2.24) is 15.5 Å². The zero-order valence-electron chi connectivity index (χ0n) is 19.3. The van der Waals surface area contributed by atoms with Gasteiger partial charge < -0.3 is 15.0 Å². The Morgan fingerprint density at radius 3 is 2.58 bits per heavy atom. The van der Waals surface area contributed by atoms with Gasteiger partial charge in [-0.05, 0) is 74.8 Å². The molecular weight excluding hydrogens is 418 g/mol. The molecule has 1 aromatic rings.